The summed E-state index contributed by atoms with van der Waals surface area (Å²) in [5.74, 6) is 0.266. The van der Waals surface area contributed by atoms with E-state index in [0.717, 1.165) is 5.56 Å². The number of rotatable bonds is 4. The van der Waals surface area contributed by atoms with E-state index in [4.69, 9.17) is 21.6 Å². The highest BCUT2D eigenvalue weighted by Crippen LogP contribution is 2.22. The topological polar surface area (TPSA) is 62.1 Å². The van der Waals surface area contributed by atoms with Crippen molar-refractivity contribution in [3.05, 3.63) is 28.8 Å². The van der Waals surface area contributed by atoms with Gasteiger partial charge in [-0.2, -0.15) is 5.26 Å². The van der Waals surface area contributed by atoms with Gasteiger partial charge in [0, 0.05) is 5.02 Å². The van der Waals surface area contributed by atoms with E-state index in [1.54, 1.807) is 39.0 Å². The van der Waals surface area contributed by atoms with Gasteiger partial charge in [0.25, 0.3) is 5.91 Å². The lowest BCUT2D eigenvalue weighted by molar-refractivity contribution is -0.128. The molecule has 1 unspecified atom stereocenters. The zero-order chi connectivity index (χ0) is 14.6. The Morgan fingerprint density at radius 3 is 2.68 bits per heavy atom. The van der Waals surface area contributed by atoms with E-state index in [0.29, 0.717) is 10.8 Å². The fraction of sp³-hybridized carbons (Fsp3) is 0.429. The third kappa shape index (κ3) is 4.46. The lowest BCUT2D eigenvalue weighted by atomic mass is 10.1. The van der Waals surface area contributed by atoms with Gasteiger partial charge in [-0.05, 0) is 51.5 Å². The Hall–Kier alpha value is -1.73. The molecular formula is C14H17ClN2O2. The van der Waals surface area contributed by atoms with Crippen LogP contribution in [0.3, 0.4) is 0 Å². The van der Waals surface area contributed by atoms with E-state index in [2.05, 4.69) is 5.32 Å². The summed E-state index contributed by atoms with van der Waals surface area (Å²) in [5, 5.41) is 12.1. The van der Waals surface area contributed by atoms with Crippen LogP contribution < -0.4 is 10.1 Å². The summed E-state index contributed by atoms with van der Waals surface area (Å²) in [7, 11) is 0. The van der Waals surface area contributed by atoms with Crippen LogP contribution in [-0.4, -0.2) is 17.6 Å². The number of halogens is 1. The monoisotopic (exact) mass is 280 g/mol. The van der Waals surface area contributed by atoms with Gasteiger partial charge in [-0.15, -0.1) is 0 Å². The number of hydrogen-bond donors (Lipinski definition) is 1. The number of hydrogen-bond acceptors (Lipinski definition) is 3. The van der Waals surface area contributed by atoms with Crippen molar-refractivity contribution in [3.63, 3.8) is 0 Å². The minimum Gasteiger partial charge on any atom is -0.481 e. The maximum Gasteiger partial charge on any atom is 0.262 e. The molecule has 0 aromatic heterocycles. The van der Waals surface area contributed by atoms with Gasteiger partial charge >= 0.3 is 0 Å². The molecule has 0 bridgehead atoms. The molecule has 0 aliphatic carbocycles. The highest BCUT2D eigenvalue weighted by molar-refractivity contribution is 6.30. The molecule has 102 valence electrons. The second-order valence-electron chi connectivity index (χ2n) is 4.90. The van der Waals surface area contributed by atoms with Crippen LogP contribution in [0.2, 0.25) is 5.02 Å². The number of nitrogens with one attached hydrogen (secondary N) is 1. The van der Waals surface area contributed by atoms with Gasteiger partial charge in [0.2, 0.25) is 0 Å². The minimum atomic E-state index is -0.913. The van der Waals surface area contributed by atoms with Crippen molar-refractivity contribution < 1.29 is 9.53 Å². The number of carbonyl (C=O) groups is 1. The van der Waals surface area contributed by atoms with E-state index in [-0.39, 0.29) is 5.91 Å². The normalized spacial score (nSPS) is 12.4. The lowest BCUT2D eigenvalue weighted by Crippen LogP contribution is -2.47. The molecule has 0 fully saturated rings. The number of nitriles is 1. The van der Waals surface area contributed by atoms with Crippen molar-refractivity contribution in [2.45, 2.75) is 39.3 Å². The summed E-state index contributed by atoms with van der Waals surface area (Å²) in [6.07, 6.45) is -0.687. The van der Waals surface area contributed by atoms with Crippen LogP contribution >= 0.6 is 11.6 Å². The number of carbonyl (C=O) groups excluding carboxylic acids is 1. The molecule has 0 aliphatic heterocycles. The number of nitrogens with zero attached hydrogens (tertiary/aromatic N) is 1. The molecule has 1 amide bonds. The van der Waals surface area contributed by atoms with Crippen LogP contribution in [0.25, 0.3) is 0 Å². The maximum absolute atomic E-state index is 11.9. The van der Waals surface area contributed by atoms with E-state index in [1.165, 1.54) is 0 Å². The molecular weight excluding hydrogens is 264 g/mol. The molecule has 0 saturated heterocycles. The number of benzene rings is 1. The van der Waals surface area contributed by atoms with Crippen LogP contribution in [0.1, 0.15) is 26.3 Å². The van der Waals surface area contributed by atoms with Crippen molar-refractivity contribution in [2.75, 3.05) is 0 Å². The fourth-order valence-corrected chi connectivity index (χ4v) is 1.65. The first-order valence-corrected chi connectivity index (χ1v) is 6.29. The molecule has 1 atom stereocenters. The SMILES string of the molecule is Cc1cc(Cl)ccc1OC(C)C(=O)NC(C)(C)C#N. The highest BCUT2D eigenvalue weighted by atomic mass is 35.5. The summed E-state index contributed by atoms with van der Waals surface area (Å²) >= 11 is 5.85. The molecule has 0 spiro atoms. The molecule has 1 aromatic carbocycles. The van der Waals surface area contributed by atoms with Gasteiger partial charge in [-0.1, -0.05) is 11.6 Å². The van der Waals surface area contributed by atoms with Crippen molar-refractivity contribution in [3.8, 4) is 11.8 Å². The van der Waals surface area contributed by atoms with Crippen LogP contribution in [0.5, 0.6) is 5.75 Å². The van der Waals surface area contributed by atoms with Crippen molar-refractivity contribution >= 4 is 17.5 Å². The first-order chi connectivity index (χ1) is 8.75. The third-order valence-corrected chi connectivity index (χ3v) is 2.76. The molecule has 19 heavy (non-hydrogen) atoms. The number of ether oxygens (including phenoxy) is 1. The zero-order valence-corrected chi connectivity index (χ0v) is 12.2. The highest BCUT2D eigenvalue weighted by Gasteiger charge is 2.24. The molecule has 0 aliphatic rings. The van der Waals surface area contributed by atoms with Gasteiger partial charge in [-0.25, -0.2) is 0 Å². The molecule has 1 N–H and O–H groups in total. The predicted octanol–water partition coefficient (Wildman–Crippen LogP) is 2.83. The Morgan fingerprint density at radius 1 is 1.53 bits per heavy atom. The molecule has 0 radical (unpaired) electrons. The van der Waals surface area contributed by atoms with E-state index < -0.39 is 11.6 Å². The molecule has 0 saturated carbocycles. The minimum absolute atomic E-state index is 0.332. The summed E-state index contributed by atoms with van der Waals surface area (Å²) in [6, 6.07) is 7.19. The van der Waals surface area contributed by atoms with Crippen LogP contribution in [0.4, 0.5) is 0 Å². The van der Waals surface area contributed by atoms with Crippen molar-refractivity contribution in [1.29, 1.82) is 5.26 Å². The molecule has 5 heteroatoms. The number of aryl methyl sites for hydroxylation is 1. The number of amides is 1. The van der Waals surface area contributed by atoms with Crippen LogP contribution in [0.15, 0.2) is 18.2 Å². The second kappa shape index (κ2) is 5.94. The first kappa shape index (κ1) is 15.3. The Bertz CT molecular complexity index is 521. The van der Waals surface area contributed by atoms with Crippen LogP contribution in [0, 0.1) is 18.3 Å². The Morgan fingerprint density at radius 2 is 2.16 bits per heavy atom. The fourth-order valence-electron chi connectivity index (χ4n) is 1.43. The summed E-state index contributed by atoms with van der Waals surface area (Å²) < 4.78 is 5.57. The van der Waals surface area contributed by atoms with Crippen LogP contribution in [-0.2, 0) is 4.79 Å². The Kier molecular flexibility index (Phi) is 4.79. The Balaban J connectivity index is 2.72. The maximum atomic E-state index is 11.9. The van der Waals surface area contributed by atoms with Crippen molar-refractivity contribution in [1.82, 2.24) is 5.32 Å². The second-order valence-corrected chi connectivity index (χ2v) is 5.33. The smallest absolute Gasteiger partial charge is 0.262 e. The van der Waals surface area contributed by atoms with Gasteiger partial charge < -0.3 is 10.1 Å². The molecule has 0 heterocycles. The standard InChI is InChI=1S/C14H17ClN2O2/c1-9-7-11(15)5-6-12(9)19-10(2)13(18)17-14(3,4)8-16/h5-7,10H,1-4H3,(H,17,18). The average Bonchev–Trinajstić information content (AvgIpc) is 2.32. The van der Waals surface area contributed by atoms with E-state index in [1.807, 2.05) is 13.0 Å². The summed E-state index contributed by atoms with van der Waals surface area (Å²) in [4.78, 5) is 11.9. The molecule has 1 rings (SSSR count). The average molecular weight is 281 g/mol. The quantitative estimate of drug-likeness (QED) is 0.922. The van der Waals surface area contributed by atoms with Gasteiger partial charge in [-0.3, -0.25) is 4.79 Å². The van der Waals surface area contributed by atoms with E-state index >= 15 is 0 Å². The third-order valence-electron chi connectivity index (χ3n) is 2.53. The first-order valence-electron chi connectivity index (χ1n) is 5.91. The Labute approximate surface area is 118 Å². The van der Waals surface area contributed by atoms with E-state index in [9.17, 15) is 4.79 Å². The largest absolute Gasteiger partial charge is 0.481 e. The summed E-state index contributed by atoms with van der Waals surface area (Å²) in [6.45, 7) is 6.75. The lowest BCUT2D eigenvalue weighted by Gasteiger charge is -2.22. The predicted molar refractivity (Wildman–Crippen MR) is 74.1 cm³/mol. The molecule has 1 aromatic rings. The van der Waals surface area contributed by atoms with Crippen molar-refractivity contribution in [2.24, 2.45) is 0 Å². The van der Waals surface area contributed by atoms with Gasteiger partial charge in [0.05, 0.1) is 6.07 Å². The summed E-state index contributed by atoms with van der Waals surface area (Å²) in [5.41, 5.74) is -0.0595. The van der Waals surface area contributed by atoms with Gasteiger partial charge in [0.15, 0.2) is 6.10 Å². The zero-order valence-electron chi connectivity index (χ0n) is 11.5. The molecule has 4 nitrogen and oxygen atoms in total. The van der Waals surface area contributed by atoms with Gasteiger partial charge in [0.1, 0.15) is 11.3 Å².